The molecule has 25 heavy (non-hydrogen) atoms. The lowest BCUT2D eigenvalue weighted by Crippen LogP contribution is -2.42. The molecular formula is C18H23IN4OS. The first-order valence-electron chi connectivity index (χ1n) is 8.05. The second-order valence-corrected chi connectivity index (χ2v) is 6.75. The number of halogens is 1. The van der Waals surface area contributed by atoms with Gasteiger partial charge in [0.25, 0.3) is 0 Å². The molecule has 0 amide bonds. The molecule has 3 rings (SSSR count). The lowest BCUT2D eigenvalue weighted by Gasteiger charge is -2.27. The Morgan fingerprint density at radius 1 is 1.16 bits per heavy atom. The van der Waals surface area contributed by atoms with Gasteiger partial charge in [0.1, 0.15) is 12.4 Å². The van der Waals surface area contributed by atoms with Gasteiger partial charge < -0.3 is 15.4 Å². The van der Waals surface area contributed by atoms with E-state index < -0.39 is 0 Å². The average molecular weight is 470 g/mol. The van der Waals surface area contributed by atoms with Gasteiger partial charge in [0.2, 0.25) is 0 Å². The fourth-order valence-electron chi connectivity index (χ4n) is 2.40. The van der Waals surface area contributed by atoms with Crippen molar-refractivity contribution in [1.29, 1.82) is 0 Å². The zero-order valence-electron chi connectivity index (χ0n) is 14.0. The maximum atomic E-state index is 6.07. The van der Waals surface area contributed by atoms with Gasteiger partial charge in [-0.05, 0) is 29.8 Å². The molecular weight excluding hydrogens is 447 g/mol. The Hall–Kier alpha value is -1.48. The molecule has 0 radical (unpaired) electrons. The number of pyridine rings is 1. The summed E-state index contributed by atoms with van der Waals surface area (Å²) in [6.07, 6.45) is 1.77. The summed E-state index contributed by atoms with van der Waals surface area (Å²) in [6.45, 7) is 3.04. The molecule has 1 aromatic carbocycles. The normalized spacial score (nSPS) is 14.7. The highest BCUT2D eigenvalue weighted by atomic mass is 127. The van der Waals surface area contributed by atoms with Gasteiger partial charge >= 0.3 is 0 Å². The van der Waals surface area contributed by atoms with E-state index in [2.05, 4.69) is 14.9 Å². The molecule has 2 N–H and O–H groups in total. The van der Waals surface area contributed by atoms with E-state index in [4.69, 9.17) is 10.5 Å². The van der Waals surface area contributed by atoms with Crippen molar-refractivity contribution in [1.82, 2.24) is 9.88 Å². The van der Waals surface area contributed by atoms with Crippen LogP contribution in [0.3, 0.4) is 0 Å². The third kappa shape index (κ3) is 6.39. The predicted octanol–water partition coefficient (Wildman–Crippen LogP) is 3.14. The monoisotopic (exact) mass is 470 g/mol. The standard InChI is InChI=1S/C18H22N4OS.HI/c19-18(22-9-11-24-12-10-22)21-13-15-4-6-17(7-5-15)23-14-16-3-1-2-8-20-16;/h1-8H,9-14H2,(H2,19,21);1H. The van der Waals surface area contributed by atoms with Crippen molar-refractivity contribution in [2.75, 3.05) is 24.6 Å². The minimum Gasteiger partial charge on any atom is -0.487 e. The van der Waals surface area contributed by atoms with E-state index in [0.717, 1.165) is 41.6 Å². The smallest absolute Gasteiger partial charge is 0.191 e. The fraction of sp³-hybridized carbons (Fsp3) is 0.333. The molecule has 1 aliphatic rings. The largest absolute Gasteiger partial charge is 0.487 e. The van der Waals surface area contributed by atoms with Gasteiger partial charge in [-0.3, -0.25) is 4.98 Å². The van der Waals surface area contributed by atoms with Crippen molar-refractivity contribution >= 4 is 41.7 Å². The number of hydrogen-bond donors (Lipinski definition) is 1. The number of thioether (sulfide) groups is 1. The highest BCUT2D eigenvalue weighted by molar-refractivity contribution is 14.0. The number of aliphatic imine (C=N–C) groups is 1. The van der Waals surface area contributed by atoms with Crippen LogP contribution in [0.1, 0.15) is 11.3 Å². The molecule has 5 nitrogen and oxygen atoms in total. The van der Waals surface area contributed by atoms with Gasteiger partial charge in [0.15, 0.2) is 5.96 Å². The summed E-state index contributed by atoms with van der Waals surface area (Å²) in [6, 6.07) is 13.8. The number of guanidine groups is 1. The van der Waals surface area contributed by atoms with E-state index in [-0.39, 0.29) is 24.0 Å². The van der Waals surface area contributed by atoms with Crippen molar-refractivity contribution in [2.24, 2.45) is 10.7 Å². The van der Waals surface area contributed by atoms with Gasteiger partial charge in [-0.15, -0.1) is 24.0 Å². The Balaban J connectivity index is 0.00000225. The molecule has 1 fully saturated rings. The number of rotatable bonds is 5. The molecule has 1 aliphatic heterocycles. The maximum absolute atomic E-state index is 6.07. The SMILES string of the molecule is I.NC(=NCc1ccc(OCc2ccccn2)cc1)N1CCSCC1. The Morgan fingerprint density at radius 3 is 2.60 bits per heavy atom. The third-order valence-corrected chi connectivity index (χ3v) is 4.74. The van der Waals surface area contributed by atoms with E-state index in [0.29, 0.717) is 19.1 Å². The zero-order chi connectivity index (χ0) is 16.6. The molecule has 1 saturated heterocycles. The first kappa shape index (κ1) is 19.8. The van der Waals surface area contributed by atoms with Crippen molar-refractivity contribution < 1.29 is 4.74 Å². The molecule has 0 atom stereocenters. The first-order valence-corrected chi connectivity index (χ1v) is 9.21. The third-order valence-electron chi connectivity index (χ3n) is 3.79. The van der Waals surface area contributed by atoms with Crippen LogP contribution in [0.4, 0.5) is 0 Å². The Bertz CT molecular complexity index is 661. The average Bonchev–Trinajstić information content (AvgIpc) is 2.67. The van der Waals surface area contributed by atoms with Crippen LogP contribution in [-0.2, 0) is 13.2 Å². The van der Waals surface area contributed by atoms with E-state index in [1.807, 2.05) is 54.2 Å². The quantitative estimate of drug-likeness (QED) is 0.414. The van der Waals surface area contributed by atoms with Crippen LogP contribution in [0, 0.1) is 0 Å². The molecule has 0 bridgehead atoms. The van der Waals surface area contributed by atoms with Crippen molar-refractivity contribution in [3.63, 3.8) is 0 Å². The predicted molar refractivity (Wildman–Crippen MR) is 115 cm³/mol. The summed E-state index contributed by atoms with van der Waals surface area (Å²) in [5, 5.41) is 0. The zero-order valence-corrected chi connectivity index (χ0v) is 17.2. The van der Waals surface area contributed by atoms with Crippen LogP contribution in [0.5, 0.6) is 5.75 Å². The Labute approximate surface area is 170 Å². The fourth-order valence-corrected chi connectivity index (χ4v) is 3.30. The van der Waals surface area contributed by atoms with Gasteiger partial charge in [0.05, 0.1) is 12.2 Å². The highest BCUT2D eigenvalue weighted by Crippen LogP contribution is 2.15. The summed E-state index contributed by atoms with van der Waals surface area (Å²) in [5.41, 5.74) is 8.11. The van der Waals surface area contributed by atoms with Gasteiger partial charge in [-0.25, -0.2) is 4.99 Å². The number of hydrogen-bond acceptors (Lipinski definition) is 4. The molecule has 2 heterocycles. The maximum Gasteiger partial charge on any atom is 0.191 e. The molecule has 0 saturated carbocycles. The molecule has 1 aromatic heterocycles. The lowest BCUT2D eigenvalue weighted by atomic mass is 10.2. The summed E-state index contributed by atoms with van der Waals surface area (Å²) in [4.78, 5) is 10.9. The number of aromatic nitrogens is 1. The number of nitrogens with two attached hydrogens (primary N) is 1. The number of benzene rings is 1. The van der Waals surface area contributed by atoms with Crippen LogP contribution in [0.15, 0.2) is 53.7 Å². The van der Waals surface area contributed by atoms with Crippen molar-refractivity contribution in [3.05, 3.63) is 59.9 Å². The first-order chi connectivity index (χ1) is 11.8. The minimum absolute atomic E-state index is 0. The van der Waals surface area contributed by atoms with Gasteiger partial charge in [-0.1, -0.05) is 18.2 Å². The topological polar surface area (TPSA) is 63.7 Å². The van der Waals surface area contributed by atoms with Crippen LogP contribution in [-0.4, -0.2) is 40.4 Å². The molecule has 0 spiro atoms. The summed E-state index contributed by atoms with van der Waals surface area (Å²) < 4.78 is 5.73. The molecule has 0 aliphatic carbocycles. The molecule has 0 unspecified atom stereocenters. The van der Waals surface area contributed by atoms with Gasteiger partial charge in [-0.2, -0.15) is 11.8 Å². The van der Waals surface area contributed by atoms with E-state index in [1.165, 1.54) is 0 Å². The minimum atomic E-state index is 0. The Morgan fingerprint density at radius 2 is 1.92 bits per heavy atom. The van der Waals surface area contributed by atoms with Crippen LogP contribution in [0.25, 0.3) is 0 Å². The highest BCUT2D eigenvalue weighted by Gasteiger charge is 2.11. The second-order valence-electron chi connectivity index (χ2n) is 5.53. The van der Waals surface area contributed by atoms with E-state index in [9.17, 15) is 0 Å². The van der Waals surface area contributed by atoms with E-state index >= 15 is 0 Å². The van der Waals surface area contributed by atoms with Crippen LogP contribution < -0.4 is 10.5 Å². The second kappa shape index (κ2) is 10.5. The Kier molecular flexibility index (Phi) is 8.33. The van der Waals surface area contributed by atoms with Crippen LogP contribution >= 0.6 is 35.7 Å². The molecule has 134 valence electrons. The number of ether oxygens (including phenoxy) is 1. The summed E-state index contributed by atoms with van der Waals surface area (Å²) >= 11 is 1.96. The van der Waals surface area contributed by atoms with Crippen molar-refractivity contribution in [2.45, 2.75) is 13.2 Å². The summed E-state index contributed by atoms with van der Waals surface area (Å²) in [5.74, 6) is 3.72. The lowest BCUT2D eigenvalue weighted by molar-refractivity contribution is 0.301. The van der Waals surface area contributed by atoms with Gasteiger partial charge in [0, 0.05) is 30.8 Å². The summed E-state index contributed by atoms with van der Waals surface area (Å²) in [7, 11) is 0. The molecule has 7 heteroatoms. The number of nitrogens with zero attached hydrogens (tertiary/aromatic N) is 3. The van der Waals surface area contributed by atoms with E-state index in [1.54, 1.807) is 6.20 Å². The van der Waals surface area contributed by atoms with Crippen molar-refractivity contribution in [3.8, 4) is 5.75 Å². The van der Waals surface area contributed by atoms with Crippen LogP contribution in [0.2, 0.25) is 0 Å². The molecule has 2 aromatic rings.